The second kappa shape index (κ2) is 4.74. The van der Waals surface area contributed by atoms with Gasteiger partial charge in [-0.05, 0) is 12.8 Å². The normalized spacial score (nSPS) is 16.4. The van der Waals surface area contributed by atoms with Crippen LogP contribution >= 0.6 is 12.8 Å². The van der Waals surface area contributed by atoms with Crippen LogP contribution in [0.5, 0.6) is 0 Å². The second-order valence-corrected chi connectivity index (χ2v) is 2.86. The molecule has 10 heavy (non-hydrogen) atoms. The number of Topliss-reactive ketones (excluding diaryl/α,β-unsaturated/α-hetero) is 1. The number of hydrogen-bond acceptors (Lipinski definition) is 3. The molecule has 0 amide bonds. The Bertz CT molecular complexity index is 116. The molecule has 1 N–H and O–H groups in total. The predicted molar refractivity (Wildman–Crippen MR) is 46.0 cm³/mol. The minimum absolute atomic E-state index is 0.0895. The molecule has 0 aromatic heterocycles. The molecule has 0 spiro atoms. The second-order valence-electron chi connectivity index (χ2n) is 2.60. The fraction of sp³-hybridized carbons (Fsp3) is 0.857. The van der Waals surface area contributed by atoms with E-state index in [9.17, 15) is 4.79 Å². The standard InChI is InChI=1S/C7H15NOS/c1-4-5(2)7(8-10)6(3)9/h5,7-8,10H,4H2,1-3H3/t5?,7-/m0/s1. The van der Waals surface area contributed by atoms with Gasteiger partial charge in [0.2, 0.25) is 0 Å². The highest BCUT2D eigenvalue weighted by atomic mass is 32.1. The Hall–Kier alpha value is -0.0200. The van der Waals surface area contributed by atoms with Gasteiger partial charge in [0.25, 0.3) is 0 Å². The monoisotopic (exact) mass is 161 g/mol. The molecule has 0 aliphatic carbocycles. The van der Waals surface area contributed by atoms with E-state index < -0.39 is 0 Å². The molecule has 2 nitrogen and oxygen atoms in total. The molecule has 3 heteroatoms. The van der Waals surface area contributed by atoms with Crippen molar-refractivity contribution in [2.24, 2.45) is 5.92 Å². The van der Waals surface area contributed by atoms with E-state index >= 15 is 0 Å². The summed E-state index contributed by atoms with van der Waals surface area (Å²) in [7, 11) is 0. The molecular weight excluding hydrogens is 146 g/mol. The van der Waals surface area contributed by atoms with Gasteiger partial charge in [0, 0.05) is 0 Å². The summed E-state index contributed by atoms with van der Waals surface area (Å²) in [6.45, 7) is 5.68. The number of hydrogen-bond donors (Lipinski definition) is 2. The molecule has 1 unspecified atom stereocenters. The van der Waals surface area contributed by atoms with Crippen LogP contribution in [-0.4, -0.2) is 11.8 Å². The maximum absolute atomic E-state index is 10.9. The van der Waals surface area contributed by atoms with Gasteiger partial charge in [-0.15, -0.1) is 0 Å². The van der Waals surface area contributed by atoms with Crippen molar-refractivity contribution in [3.63, 3.8) is 0 Å². The number of rotatable bonds is 4. The lowest BCUT2D eigenvalue weighted by Gasteiger charge is -2.17. The zero-order valence-electron chi connectivity index (χ0n) is 6.72. The summed E-state index contributed by atoms with van der Waals surface area (Å²) in [5.41, 5.74) is 0. The van der Waals surface area contributed by atoms with Gasteiger partial charge in [0.05, 0.1) is 6.04 Å². The molecule has 0 aliphatic heterocycles. The van der Waals surface area contributed by atoms with Crippen LogP contribution in [0.15, 0.2) is 0 Å². The van der Waals surface area contributed by atoms with Gasteiger partial charge in [0.1, 0.15) is 5.78 Å². The van der Waals surface area contributed by atoms with E-state index in [4.69, 9.17) is 0 Å². The Morgan fingerprint density at radius 1 is 1.70 bits per heavy atom. The van der Waals surface area contributed by atoms with Crippen LogP contribution in [0.25, 0.3) is 0 Å². The smallest absolute Gasteiger partial charge is 0.147 e. The zero-order valence-corrected chi connectivity index (χ0v) is 7.61. The van der Waals surface area contributed by atoms with E-state index in [-0.39, 0.29) is 11.8 Å². The van der Waals surface area contributed by atoms with Gasteiger partial charge in [-0.25, -0.2) is 0 Å². The number of ketones is 1. The highest BCUT2D eigenvalue weighted by Crippen LogP contribution is 2.08. The molecule has 60 valence electrons. The van der Waals surface area contributed by atoms with Crippen LogP contribution in [0, 0.1) is 5.92 Å². The van der Waals surface area contributed by atoms with E-state index in [0.717, 1.165) is 6.42 Å². The minimum atomic E-state index is -0.0895. The van der Waals surface area contributed by atoms with Gasteiger partial charge in [-0.3, -0.25) is 9.52 Å². The van der Waals surface area contributed by atoms with E-state index in [1.54, 1.807) is 6.92 Å². The Labute approximate surface area is 67.9 Å². The summed E-state index contributed by atoms with van der Waals surface area (Å²) >= 11 is 3.88. The van der Waals surface area contributed by atoms with E-state index in [1.807, 2.05) is 6.92 Å². The van der Waals surface area contributed by atoms with Crippen molar-refractivity contribution in [3.05, 3.63) is 0 Å². The van der Waals surface area contributed by atoms with Gasteiger partial charge in [-0.1, -0.05) is 33.1 Å². The molecule has 0 saturated carbocycles. The van der Waals surface area contributed by atoms with Crippen LogP contribution in [0.4, 0.5) is 0 Å². The van der Waals surface area contributed by atoms with Crippen LogP contribution in [0.1, 0.15) is 27.2 Å². The van der Waals surface area contributed by atoms with E-state index in [2.05, 4.69) is 24.5 Å². The molecule has 0 aromatic rings. The molecule has 2 atom stereocenters. The van der Waals surface area contributed by atoms with Crippen molar-refractivity contribution in [3.8, 4) is 0 Å². The van der Waals surface area contributed by atoms with Crippen LogP contribution in [0.3, 0.4) is 0 Å². The lowest BCUT2D eigenvalue weighted by molar-refractivity contribution is -0.119. The average molecular weight is 161 g/mol. The first-order chi connectivity index (χ1) is 4.63. The Kier molecular flexibility index (Phi) is 4.73. The largest absolute Gasteiger partial charge is 0.298 e. The van der Waals surface area contributed by atoms with Crippen molar-refractivity contribution < 1.29 is 4.79 Å². The maximum atomic E-state index is 10.9. The van der Waals surface area contributed by atoms with E-state index in [1.165, 1.54) is 0 Å². The molecule has 0 bridgehead atoms. The SMILES string of the molecule is CCC(C)[C@H](NS)C(C)=O. The molecule has 0 rings (SSSR count). The lowest BCUT2D eigenvalue weighted by Crippen LogP contribution is -2.35. The van der Waals surface area contributed by atoms with Gasteiger partial charge < -0.3 is 0 Å². The minimum Gasteiger partial charge on any atom is -0.298 e. The number of nitrogens with one attached hydrogen (secondary N) is 1. The third kappa shape index (κ3) is 2.71. The lowest BCUT2D eigenvalue weighted by atomic mass is 9.97. The van der Waals surface area contributed by atoms with Crippen molar-refractivity contribution in [2.75, 3.05) is 0 Å². The Morgan fingerprint density at radius 2 is 2.20 bits per heavy atom. The first kappa shape index (κ1) is 9.98. The highest BCUT2D eigenvalue weighted by molar-refractivity contribution is 7.78. The topological polar surface area (TPSA) is 29.1 Å². The van der Waals surface area contributed by atoms with Crippen LogP contribution < -0.4 is 4.72 Å². The van der Waals surface area contributed by atoms with Crippen LogP contribution in [0.2, 0.25) is 0 Å². The van der Waals surface area contributed by atoms with Crippen molar-refractivity contribution in [1.29, 1.82) is 0 Å². The van der Waals surface area contributed by atoms with E-state index in [0.29, 0.717) is 5.92 Å². The predicted octanol–water partition coefficient (Wildman–Crippen LogP) is 1.42. The summed E-state index contributed by atoms with van der Waals surface area (Å²) in [6.07, 6.45) is 0.998. The summed E-state index contributed by atoms with van der Waals surface area (Å²) < 4.78 is 2.70. The summed E-state index contributed by atoms with van der Waals surface area (Å²) in [4.78, 5) is 10.9. The number of thiol groups is 1. The van der Waals surface area contributed by atoms with Crippen LogP contribution in [-0.2, 0) is 4.79 Å². The van der Waals surface area contributed by atoms with Crippen molar-refractivity contribution >= 4 is 18.6 Å². The molecule has 0 aromatic carbocycles. The highest BCUT2D eigenvalue weighted by Gasteiger charge is 2.17. The fourth-order valence-corrected chi connectivity index (χ4v) is 1.29. The van der Waals surface area contributed by atoms with Crippen molar-refractivity contribution in [1.82, 2.24) is 4.72 Å². The summed E-state index contributed by atoms with van der Waals surface area (Å²) in [5.74, 6) is 0.527. The first-order valence-corrected chi connectivity index (χ1v) is 3.98. The molecular formula is C7H15NOS. The molecule has 0 saturated heterocycles. The first-order valence-electron chi connectivity index (χ1n) is 3.53. The fourth-order valence-electron chi connectivity index (χ4n) is 0.855. The zero-order chi connectivity index (χ0) is 8.15. The maximum Gasteiger partial charge on any atom is 0.147 e. The Balaban J connectivity index is 3.92. The summed E-state index contributed by atoms with van der Waals surface area (Å²) in [6, 6.07) is -0.0895. The van der Waals surface area contributed by atoms with Gasteiger partial charge >= 0.3 is 0 Å². The molecule has 0 heterocycles. The quantitative estimate of drug-likeness (QED) is 0.611. The Morgan fingerprint density at radius 3 is 2.30 bits per heavy atom. The number of carbonyl (C=O) groups is 1. The number of carbonyl (C=O) groups excluding carboxylic acids is 1. The third-order valence-electron chi connectivity index (χ3n) is 1.79. The third-order valence-corrected chi connectivity index (χ3v) is 2.07. The molecule has 0 radical (unpaired) electrons. The molecule has 0 fully saturated rings. The summed E-state index contributed by atoms with van der Waals surface area (Å²) in [5, 5.41) is 0. The van der Waals surface area contributed by atoms with Gasteiger partial charge in [0.15, 0.2) is 0 Å². The molecule has 0 aliphatic rings. The van der Waals surface area contributed by atoms with Crippen molar-refractivity contribution in [2.45, 2.75) is 33.2 Å². The van der Waals surface area contributed by atoms with Gasteiger partial charge in [-0.2, -0.15) is 0 Å². The average Bonchev–Trinajstić information content (AvgIpc) is 1.88.